The molecule has 0 saturated carbocycles. The van der Waals surface area contributed by atoms with Crippen molar-refractivity contribution in [2.24, 2.45) is 11.1 Å². The van der Waals surface area contributed by atoms with Gasteiger partial charge in [0.25, 0.3) is 0 Å². The van der Waals surface area contributed by atoms with E-state index in [4.69, 9.17) is 10.2 Å². The zero-order valence-electron chi connectivity index (χ0n) is 13.2. The summed E-state index contributed by atoms with van der Waals surface area (Å²) in [5.41, 5.74) is 5.79. The van der Waals surface area contributed by atoms with Crippen LogP contribution in [-0.2, 0) is 12.0 Å². The van der Waals surface area contributed by atoms with Crippen LogP contribution >= 0.6 is 0 Å². The van der Waals surface area contributed by atoms with Crippen molar-refractivity contribution in [2.75, 3.05) is 19.6 Å². The molecular weight excluding hydrogens is 240 g/mol. The number of hydrogen-bond acceptors (Lipinski definition) is 5. The normalized spacial score (nSPS) is 13.3. The first-order valence-electron chi connectivity index (χ1n) is 6.93. The van der Waals surface area contributed by atoms with Crippen molar-refractivity contribution in [3.05, 3.63) is 11.8 Å². The molecule has 0 spiro atoms. The highest BCUT2D eigenvalue weighted by atomic mass is 16.4. The SMILES string of the molecule is CCN(Cc1nnc(C(C)(C)C)o1)CC(C)(C)CN. The van der Waals surface area contributed by atoms with Crippen LogP contribution in [0.4, 0.5) is 0 Å². The second kappa shape index (κ2) is 6.01. The van der Waals surface area contributed by atoms with Crippen LogP contribution in [0.3, 0.4) is 0 Å². The molecule has 0 saturated heterocycles. The third-order valence-electron chi connectivity index (χ3n) is 3.12. The van der Waals surface area contributed by atoms with Gasteiger partial charge in [-0.25, -0.2) is 0 Å². The molecule has 0 aliphatic heterocycles. The Morgan fingerprint density at radius 1 is 1.16 bits per heavy atom. The Hall–Kier alpha value is -0.940. The van der Waals surface area contributed by atoms with Crippen LogP contribution in [0.25, 0.3) is 0 Å². The maximum Gasteiger partial charge on any atom is 0.230 e. The van der Waals surface area contributed by atoms with Crippen molar-refractivity contribution in [2.45, 2.75) is 53.5 Å². The van der Waals surface area contributed by atoms with E-state index in [-0.39, 0.29) is 10.8 Å². The molecular formula is C14H28N4O. The number of nitrogens with two attached hydrogens (primary N) is 1. The largest absolute Gasteiger partial charge is 0.423 e. The summed E-state index contributed by atoms with van der Waals surface area (Å²) >= 11 is 0. The van der Waals surface area contributed by atoms with E-state index >= 15 is 0 Å². The highest BCUT2D eigenvalue weighted by Crippen LogP contribution is 2.21. The summed E-state index contributed by atoms with van der Waals surface area (Å²) in [5, 5.41) is 8.26. The molecule has 0 amide bonds. The smallest absolute Gasteiger partial charge is 0.230 e. The summed E-state index contributed by atoms with van der Waals surface area (Å²) in [6, 6.07) is 0. The Labute approximate surface area is 116 Å². The van der Waals surface area contributed by atoms with Gasteiger partial charge < -0.3 is 10.2 Å². The van der Waals surface area contributed by atoms with Crippen LogP contribution < -0.4 is 5.73 Å². The van der Waals surface area contributed by atoms with Crippen LogP contribution in [0.2, 0.25) is 0 Å². The molecule has 0 aliphatic carbocycles. The molecule has 110 valence electrons. The number of rotatable bonds is 6. The van der Waals surface area contributed by atoms with Crippen LogP contribution in [0.1, 0.15) is 53.3 Å². The highest BCUT2D eigenvalue weighted by Gasteiger charge is 2.24. The maximum atomic E-state index is 5.79. The summed E-state index contributed by atoms with van der Waals surface area (Å²) in [5.74, 6) is 1.37. The van der Waals surface area contributed by atoms with Crippen molar-refractivity contribution >= 4 is 0 Å². The summed E-state index contributed by atoms with van der Waals surface area (Å²) in [6.07, 6.45) is 0. The van der Waals surface area contributed by atoms with Crippen LogP contribution in [0.15, 0.2) is 4.42 Å². The summed E-state index contributed by atoms with van der Waals surface area (Å²) in [4.78, 5) is 2.28. The lowest BCUT2D eigenvalue weighted by Crippen LogP contribution is -2.38. The Balaban J connectivity index is 2.69. The third-order valence-corrected chi connectivity index (χ3v) is 3.12. The lowest BCUT2D eigenvalue weighted by Gasteiger charge is -2.30. The van der Waals surface area contributed by atoms with Gasteiger partial charge in [0, 0.05) is 12.0 Å². The fourth-order valence-corrected chi connectivity index (χ4v) is 1.76. The van der Waals surface area contributed by atoms with Crippen LogP contribution in [-0.4, -0.2) is 34.7 Å². The van der Waals surface area contributed by atoms with E-state index in [0.717, 1.165) is 13.1 Å². The molecule has 5 heteroatoms. The molecule has 0 atom stereocenters. The molecule has 0 fully saturated rings. The van der Waals surface area contributed by atoms with Gasteiger partial charge in [-0.1, -0.05) is 41.5 Å². The Bertz CT molecular complexity index is 392. The van der Waals surface area contributed by atoms with Gasteiger partial charge in [0.1, 0.15) is 0 Å². The van der Waals surface area contributed by atoms with E-state index in [0.29, 0.717) is 24.9 Å². The molecule has 0 aromatic carbocycles. The first kappa shape index (κ1) is 16.1. The van der Waals surface area contributed by atoms with Crippen LogP contribution in [0, 0.1) is 5.41 Å². The average molecular weight is 268 g/mol. The predicted octanol–water partition coefficient (Wildman–Crippen LogP) is 2.17. The zero-order valence-corrected chi connectivity index (χ0v) is 13.2. The summed E-state index contributed by atoms with van der Waals surface area (Å²) in [7, 11) is 0. The van der Waals surface area contributed by atoms with Crippen molar-refractivity contribution in [3.8, 4) is 0 Å². The van der Waals surface area contributed by atoms with Crippen molar-refractivity contribution in [1.82, 2.24) is 15.1 Å². The molecule has 2 N–H and O–H groups in total. The maximum absolute atomic E-state index is 5.79. The van der Waals surface area contributed by atoms with Gasteiger partial charge in [-0.2, -0.15) is 0 Å². The third kappa shape index (κ3) is 4.91. The number of aromatic nitrogens is 2. The molecule has 0 bridgehead atoms. The van der Waals surface area contributed by atoms with Crippen LogP contribution in [0.5, 0.6) is 0 Å². The van der Waals surface area contributed by atoms with E-state index < -0.39 is 0 Å². The van der Waals surface area contributed by atoms with Gasteiger partial charge >= 0.3 is 0 Å². The van der Waals surface area contributed by atoms with Gasteiger partial charge in [0.2, 0.25) is 11.8 Å². The van der Waals surface area contributed by atoms with E-state index in [1.165, 1.54) is 0 Å². The zero-order chi connectivity index (χ0) is 14.7. The Morgan fingerprint density at radius 3 is 2.21 bits per heavy atom. The van der Waals surface area contributed by atoms with Crippen molar-refractivity contribution in [1.29, 1.82) is 0 Å². The topological polar surface area (TPSA) is 68.2 Å². The lowest BCUT2D eigenvalue weighted by molar-refractivity contribution is 0.168. The van der Waals surface area contributed by atoms with Gasteiger partial charge in [-0.15, -0.1) is 10.2 Å². The predicted molar refractivity (Wildman–Crippen MR) is 76.8 cm³/mol. The van der Waals surface area contributed by atoms with Crippen molar-refractivity contribution < 1.29 is 4.42 Å². The molecule has 5 nitrogen and oxygen atoms in total. The Morgan fingerprint density at radius 2 is 1.79 bits per heavy atom. The van der Waals surface area contributed by atoms with E-state index in [9.17, 15) is 0 Å². The van der Waals surface area contributed by atoms with E-state index in [1.54, 1.807) is 0 Å². The second-order valence-corrected chi connectivity index (χ2v) is 6.92. The second-order valence-electron chi connectivity index (χ2n) is 6.92. The van der Waals surface area contributed by atoms with E-state index in [2.05, 4.69) is 56.6 Å². The van der Waals surface area contributed by atoms with Gasteiger partial charge in [-0.05, 0) is 18.5 Å². The quantitative estimate of drug-likeness (QED) is 0.856. The monoisotopic (exact) mass is 268 g/mol. The standard InChI is InChI=1S/C14H28N4O/c1-7-18(10-14(5,6)9-15)8-11-16-17-12(19-11)13(2,3)4/h7-10,15H2,1-6H3. The average Bonchev–Trinajstić information content (AvgIpc) is 2.76. The highest BCUT2D eigenvalue weighted by molar-refractivity contribution is 4.96. The van der Waals surface area contributed by atoms with Gasteiger partial charge in [0.05, 0.1) is 6.54 Å². The number of nitrogens with zero attached hydrogens (tertiary/aromatic N) is 3. The molecule has 1 rings (SSSR count). The number of hydrogen-bond donors (Lipinski definition) is 1. The molecule has 1 heterocycles. The minimum atomic E-state index is -0.0984. The minimum absolute atomic E-state index is 0.0984. The molecule has 1 aromatic rings. The fraction of sp³-hybridized carbons (Fsp3) is 0.857. The molecule has 0 radical (unpaired) electrons. The molecule has 1 aromatic heterocycles. The first-order chi connectivity index (χ1) is 8.68. The summed E-state index contributed by atoms with van der Waals surface area (Å²) < 4.78 is 5.73. The lowest BCUT2D eigenvalue weighted by atomic mass is 9.93. The van der Waals surface area contributed by atoms with Crippen molar-refractivity contribution in [3.63, 3.8) is 0 Å². The van der Waals surface area contributed by atoms with Gasteiger partial charge in [0.15, 0.2) is 0 Å². The first-order valence-corrected chi connectivity index (χ1v) is 6.93. The molecule has 0 unspecified atom stereocenters. The van der Waals surface area contributed by atoms with E-state index in [1.807, 2.05) is 0 Å². The minimum Gasteiger partial charge on any atom is -0.423 e. The Kier molecular flexibility index (Phi) is 5.10. The molecule has 19 heavy (non-hydrogen) atoms. The molecule has 0 aliphatic rings. The van der Waals surface area contributed by atoms with Gasteiger partial charge in [-0.3, -0.25) is 4.90 Å². The fourth-order valence-electron chi connectivity index (χ4n) is 1.76. The summed E-state index contributed by atoms with van der Waals surface area (Å²) in [6.45, 7) is 15.9.